The number of nitrogens with zero attached hydrogens (tertiary/aromatic N) is 4. The largest absolute Gasteiger partial charge is 0.336 e. The topological polar surface area (TPSA) is 41.4 Å². The Labute approximate surface area is 160 Å². The lowest BCUT2D eigenvalue weighted by molar-refractivity contribution is 0.0485. The first-order valence-corrected chi connectivity index (χ1v) is 10.4. The average Bonchev–Trinajstić information content (AvgIpc) is 3.10. The Morgan fingerprint density at radius 1 is 1.35 bits per heavy atom. The van der Waals surface area contributed by atoms with Gasteiger partial charge in [-0.2, -0.15) is 0 Å². The van der Waals surface area contributed by atoms with Crippen molar-refractivity contribution in [1.82, 2.24) is 19.4 Å². The number of hydrogen-bond acceptors (Lipinski definition) is 4. The maximum absolute atomic E-state index is 13.0. The zero-order valence-corrected chi connectivity index (χ0v) is 16.9. The molecule has 140 valence electrons. The van der Waals surface area contributed by atoms with Crippen molar-refractivity contribution in [1.29, 1.82) is 0 Å². The van der Waals surface area contributed by atoms with Gasteiger partial charge < -0.3 is 9.47 Å². The van der Waals surface area contributed by atoms with E-state index in [0.717, 1.165) is 54.6 Å². The minimum atomic E-state index is 0.153. The van der Waals surface area contributed by atoms with Gasteiger partial charge in [0.2, 0.25) is 0 Å². The molecule has 26 heavy (non-hydrogen) atoms. The number of imidazole rings is 1. The molecule has 5 nitrogen and oxygen atoms in total. The van der Waals surface area contributed by atoms with E-state index in [1.54, 1.807) is 11.8 Å². The van der Waals surface area contributed by atoms with Gasteiger partial charge >= 0.3 is 0 Å². The summed E-state index contributed by atoms with van der Waals surface area (Å²) in [4.78, 5) is 23.1. The van der Waals surface area contributed by atoms with Crippen molar-refractivity contribution in [3.05, 3.63) is 47.5 Å². The zero-order valence-electron chi connectivity index (χ0n) is 16.1. The molecule has 0 unspecified atom stereocenters. The molecule has 1 aliphatic heterocycles. The van der Waals surface area contributed by atoms with Crippen LogP contribution in [0.4, 0.5) is 0 Å². The third-order valence-corrected chi connectivity index (χ3v) is 5.94. The van der Waals surface area contributed by atoms with E-state index in [-0.39, 0.29) is 5.91 Å². The Bertz CT molecular complexity index is 773. The SMILES string of the molecule is CCn1ccnc1CN1CCN(C(=O)c2cc(SC)ccc2C)C[C@H]1C. The number of carbonyl (C=O) groups is 1. The van der Waals surface area contributed by atoms with Crippen molar-refractivity contribution >= 4 is 17.7 Å². The monoisotopic (exact) mass is 372 g/mol. The fraction of sp³-hybridized carbons (Fsp3) is 0.500. The van der Waals surface area contributed by atoms with E-state index < -0.39 is 0 Å². The Balaban J connectivity index is 1.67. The molecule has 1 aromatic carbocycles. The lowest BCUT2D eigenvalue weighted by Gasteiger charge is -2.40. The molecule has 1 aliphatic rings. The van der Waals surface area contributed by atoms with Gasteiger partial charge in [-0.3, -0.25) is 9.69 Å². The second-order valence-corrected chi connectivity index (χ2v) is 7.76. The van der Waals surface area contributed by atoms with E-state index in [1.165, 1.54) is 0 Å². The highest BCUT2D eigenvalue weighted by Gasteiger charge is 2.28. The van der Waals surface area contributed by atoms with Gasteiger partial charge in [0, 0.05) is 55.1 Å². The van der Waals surface area contributed by atoms with Gasteiger partial charge in [0.15, 0.2) is 0 Å². The van der Waals surface area contributed by atoms with Crippen molar-refractivity contribution in [3.8, 4) is 0 Å². The number of aryl methyl sites for hydroxylation is 2. The zero-order chi connectivity index (χ0) is 18.7. The number of thioether (sulfide) groups is 1. The van der Waals surface area contributed by atoms with Crippen LogP contribution in [0.3, 0.4) is 0 Å². The molecule has 0 bridgehead atoms. The number of amides is 1. The quantitative estimate of drug-likeness (QED) is 0.756. The second kappa shape index (κ2) is 8.27. The normalized spacial score (nSPS) is 18.3. The second-order valence-electron chi connectivity index (χ2n) is 6.88. The van der Waals surface area contributed by atoms with Crippen molar-refractivity contribution in [3.63, 3.8) is 0 Å². The molecule has 1 atom stereocenters. The standard InChI is InChI=1S/C20H28N4OS/c1-5-22-9-8-21-19(22)14-23-10-11-24(13-16(23)3)20(25)18-12-17(26-4)7-6-15(18)2/h6-9,12,16H,5,10-11,13-14H2,1-4H3/t16-/m1/s1. The van der Waals surface area contributed by atoms with Crippen LogP contribution in [0.2, 0.25) is 0 Å². The predicted molar refractivity (Wildman–Crippen MR) is 107 cm³/mol. The average molecular weight is 373 g/mol. The maximum atomic E-state index is 13.0. The minimum Gasteiger partial charge on any atom is -0.336 e. The Kier molecular flexibility index (Phi) is 6.04. The van der Waals surface area contributed by atoms with Gasteiger partial charge in [-0.25, -0.2) is 4.98 Å². The first kappa shape index (κ1) is 19.0. The fourth-order valence-corrected chi connectivity index (χ4v) is 3.94. The van der Waals surface area contributed by atoms with E-state index in [4.69, 9.17) is 0 Å². The minimum absolute atomic E-state index is 0.153. The smallest absolute Gasteiger partial charge is 0.254 e. The highest BCUT2D eigenvalue weighted by molar-refractivity contribution is 7.98. The lowest BCUT2D eigenvalue weighted by atomic mass is 10.1. The molecule has 1 saturated heterocycles. The maximum Gasteiger partial charge on any atom is 0.254 e. The van der Waals surface area contributed by atoms with E-state index in [9.17, 15) is 4.79 Å². The predicted octanol–water partition coefficient (Wildman–Crippen LogP) is 3.28. The van der Waals surface area contributed by atoms with E-state index >= 15 is 0 Å². The number of benzene rings is 1. The first-order valence-electron chi connectivity index (χ1n) is 9.21. The van der Waals surface area contributed by atoms with Gasteiger partial charge in [-0.15, -0.1) is 11.8 Å². The molecule has 0 spiro atoms. The summed E-state index contributed by atoms with van der Waals surface area (Å²) >= 11 is 1.67. The van der Waals surface area contributed by atoms with Crippen LogP contribution in [0.15, 0.2) is 35.5 Å². The van der Waals surface area contributed by atoms with Crippen LogP contribution in [0.1, 0.15) is 35.6 Å². The molecule has 0 radical (unpaired) electrons. The van der Waals surface area contributed by atoms with Crippen molar-refractivity contribution in [2.45, 2.75) is 44.8 Å². The molecular weight excluding hydrogens is 344 g/mol. The van der Waals surface area contributed by atoms with Gasteiger partial charge in [0.1, 0.15) is 5.82 Å². The number of rotatable bonds is 5. The van der Waals surface area contributed by atoms with E-state index in [0.29, 0.717) is 6.04 Å². The summed E-state index contributed by atoms with van der Waals surface area (Å²) in [6, 6.07) is 6.47. The Morgan fingerprint density at radius 3 is 2.85 bits per heavy atom. The van der Waals surface area contributed by atoms with E-state index in [2.05, 4.69) is 34.4 Å². The Morgan fingerprint density at radius 2 is 2.15 bits per heavy atom. The van der Waals surface area contributed by atoms with Crippen LogP contribution < -0.4 is 0 Å². The first-order chi connectivity index (χ1) is 12.5. The lowest BCUT2D eigenvalue weighted by Crippen LogP contribution is -2.53. The van der Waals surface area contributed by atoms with Crippen LogP contribution in [-0.2, 0) is 13.1 Å². The summed E-state index contributed by atoms with van der Waals surface area (Å²) in [5.74, 6) is 1.25. The number of piperazine rings is 1. The number of aromatic nitrogens is 2. The van der Waals surface area contributed by atoms with Crippen LogP contribution in [-0.4, -0.2) is 57.2 Å². The number of hydrogen-bond donors (Lipinski definition) is 0. The Hall–Kier alpha value is -1.79. The molecular formula is C20H28N4OS. The summed E-state index contributed by atoms with van der Waals surface area (Å²) < 4.78 is 2.18. The summed E-state index contributed by atoms with van der Waals surface area (Å²) in [7, 11) is 0. The number of carbonyl (C=O) groups excluding carboxylic acids is 1. The molecule has 3 rings (SSSR count). The third kappa shape index (κ3) is 3.96. The highest BCUT2D eigenvalue weighted by Crippen LogP contribution is 2.22. The van der Waals surface area contributed by atoms with Gasteiger partial charge in [-0.05, 0) is 44.7 Å². The summed E-state index contributed by atoms with van der Waals surface area (Å²) in [6.07, 6.45) is 5.94. The molecule has 0 N–H and O–H groups in total. The highest BCUT2D eigenvalue weighted by atomic mass is 32.2. The van der Waals surface area contributed by atoms with Gasteiger partial charge in [-0.1, -0.05) is 6.07 Å². The fourth-order valence-electron chi connectivity index (χ4n) is 3.50. The van der Waals surface area contributed by atoms with Gasteiger partial charge in [0.25, 0.3) is 5.91 Å². The van der Waals surface area contributed by atoms with E-state index in [1.807, 2.05) is 42.6 Å². The van der Waals surface area contributed by atoms with Crippen LogP contribution in [0.25, 0.3) is 0 Å². The summed E-state index contributed by atoms with van der Waals surface area (Å²) in [5, 5.41) is 0. The third-order valence-electron chi connectivity index (χ3n) is 5.21. The molecule has 2 heterocycles. The van der Waals surface area contributed by atoms with Crippen molar-refractivity contribution < 1.29 is 4.79 Å². The molecule has 6 heteroatoms. The molecule has 1 fully saturated rings. The van der Waals surface area contributed by atoms with Crippen LogP contribution >= 0.6 is 11.8 Å². The summed E-state index contributed by atoms with van der Waals surface area (Å²) in [5.41, 5.74) is 1.88. The van der Waals surface area contributed by atoms with Gasteiger partial charge in [0.05, 0.1) is 6.54 Å². The molecule has 0 aliphatic carbocycles. The van der Waals surface area contributed by atoms with Crippen molar-refractivity contribution in [2.75, 3.05) is 25.9 Å². The van der Waals surface area contributed by atoms with Crippen LogP contribution in [0, 0.1) is 6.92 Å². The van der Waals surface area contributed by atoms with Crippen LogP contribution in [0.5, 0.6) is 0 Å². The molecule has 1 aromatic heterocycles. The summed E-state index contributed by atoms with van der Waals surface area (Å²) in [6.45, 7) is 10.5. The molecule has 0 saturated carbocycles. The molecule has 1 amide bonds. The molecule has 2 aromatic rings. The van der Waals surface area contributed by atoms with Crippen molar-refractivity contribution in [2.24, 2.45) is 0 Å².